The Morgan fingerprint density at radius 2 is 2.06 bits per heavy atom. The number of likely N-dealkylation sites (N-methyl/N-ethyl adjacent to an activating group) is 1. The van der Waals surface area contributed by atoms with Gasteiger partial charge in [0.2, 0.25) is 0 Å². The topological polar surface area (TPSA) is 23.6 Å². The molecule has 1 unspecified atom stereocenters. The van der Waals surface area contributed by atoms with Crippen LogP contribution in [-0.2, 0) is 0 Å². The average molecular weight is 287 g/mol. The van der Waals surface area contributed by atoms with E-state index in [2.05, 4.69) is 16.7 Å². The number of halogens is 1. The molecule has 1 atom stereocenters. The second-order valence-electron chi connectivity index (χ2n) is 4.61. The third-order valence-corrected chi connectivity index (χ3v) is 4.84. The predicted octanol–water partition coefficient (Wildman–Crippen LogP) is 2.61. The van der Waals surface area contributed by atoms with Gasteiger partial charge in [0.25, 0.3) is 0 Å². The van der Waals surface area contributed by atoms with Gasteiger partial charge >= 0.3 is 0 Å². The summed E-state index contributed by atoms with van der Waals surface area (Å²) in [5, 5.41) is 0. The zero-order valence-electron chi connectivity index (χ0n) is 10.9. The Kier molecular flexibility index (Phi) is 4.78. The molecule has 0 amide bonds. The van der Waals surface area contributed by atoms with E-state index in [1.807, 2.05) is 13.0 Å². The summed E-state index contributed by atoms with van der Waals surface area (Å²) in [7, 11) is 0. The Balaban J connectivity index is 1.95. The van der Waals surface area contributed by atoms with E-state index in [1.165, 1.54) is 11.3 Å². The Labute approximate surface area is 117 Å². The molecular weight excluding hydrogens is 268 g/mol. The van der Waals surface area contributed by atoms with Gasteiger partial charge in [0.1, 0.15) is 0 Å². The molecule has 1 saturated heterocycles. The van der Waals surface area contributed by atoms with Crippen LogP contribution in [0.3, 0.4) is 0 Å². The van der Waals surface area contributed by atoms with Crippen molar-refractivity contribution < 1.29 is 4.79 Å². The standard InChI is InChI=1S/C13H19ClN2OS/c1-3-15-6-8-16(9-7-15)10(2)13(17)11-4-5-12(14)18-11/h4-5,10H,3,6-9H2,1-2H3. The number of nitrogens with zero attached hydrogens (tertiary/aromatic N) is 2. The average Bonchev–Trinajstić information content (AvgIpc) is 2.84. The van der Waals surface area contributed by atoms with Crippen LogP contribution in [0.5, 0.6) is 0 Å². The lowest BCUT2D eigenvalue weighted by atomic mass is 10.1. The fraction of sp³-hybridized carbons (Fsp3) is 0.615. The van der Waals surface area contributed by atoms with Crippen LogP contribution in [0.2, 0.25) is 4.34 Å². The van der Waals surface area contributed by atoms with Crippen LogP contribution in [-0.4, -0.2) is 54.3 Å². The quantitative estimate of drug-likeness (QED) is 0.795. The van der Waals surface area contributed by atoms with E-state index in [0.717, 1.165) is 37.6 Å². The normalized spacial score (nSPS) is 19.9. The third kappa shape index (κ3) is 3.12. The molecule has 1 aromatic heterocycles. The molecule has 3 nitrogen and oxygen atoms in total. The van der Waals surface area contributed by atoms with Crippen LogP contribution < -0.4 is 0 Å². The highest BCUT2D eigenvalue weighted by atomic mass is 35.5. The first-order valence-electron chi connectivity index (χ1n) is 6.37. The van der Waals surface area contributed by atoms with Crippen LogP contribution in [0.15, 0.2) is 12.1 Å². The summed E-state index contributed by atoms with van der Waals surface area (Å²) < 4.78 is 0.682. The van der Waals surface area contributed by atoms with Gasteiger partial charge in [-0.1, -0.05) is 18.5 Å². The third-order valence-electron chi connectivity index (χ3n) is 3.60. The lowest BCUT2D eigenvalue weighted by Gasteiger charge is -2.36. The number of piperazine rings is 1. The van der Waals surface area contributed by atoms with Gasteiger partial charge in [-0.25, -0.2) is 0 Å². The second-order valence-corrected chi connectivity index (χ2v) is 6.33. The number of carbonyl (C=O) groups excluding carboxylic acids is 1. The molecule has 2 heterocycles. The second kappa shape index (κ2) is 6.15. The number of carbonyl (C=O) groups is 1. The maximum Gasteiger partial charge on any atom is 0.189 e. The van der Waals surface area contributed by atoms with E-state index in [-0.39, 0.29) is 11.8 Å². The molecule has 0 aromatic carbocycles. The molecular formula is C13H19ClN2OS. The molecule has 1 aromatic rings. The van der Waals surface area contributed by atoms with Crippen LogP contribution in [0.4, 0.5) is 0 Å². The predicted molar refractivity (Wildman–Crippen MR) is 76.8 cm³/mol. The first-order chi connectivity index (χ1) is 8.61. The van der Waals surface area contributed by atoms with Gasteiger partial charge in [0.15, 0.2) is 5.78 Å². The van der Waals surface area contributed by atoms with Gasteiger partial charge in [-0.15, -0.1) is 11.3 Å². The molecule has 1 aliphatic rings. The summed E-state index contributed by atoms with van der Waals surface area (Å²) >= 11 is 7.25. The van der Waals surface area contributed by atoms with Crippen molar-refractivity contribution in [3.8, 4) is 0 Å². The Morgan fingerprint density at radius 3 is 2.56 bits per heavy atom. The molecule has 2 rings (SSSR count). The minimum absolute atomic E-state index is 0.0428. The van der Waals surface area contributed by atoms with Crippen molar-refractivity contribution >= 4 is 28.7 Å². The lowest BCUT2D eigenvalue weighted by Crippen LogP contribution is -2.51. The Bertz CT molecular complexity index is 413. The molecule has 0 saturated carbocycles. The van der Waals surface area contributed by atoms with E-state index in [9.17, 15) is 4.79 Å². The van der Waals surface area contributed by atoms with E-state index in [4.69, 9.17) is 11.6 Å². The molecule has 100 valence electrons. The van der Waals surface area contributed by atoms with E-state index >= 15 is 0 Å². The molecule has 18 heavy (non-hydrogen) atoms. The highest BCUT2D eigenvalue weighted by Crippen LogP contribution is 2.23. The zero-order valence-corrected chi connectivity index (χ0v) is 12.4. The molecule has 5 heteroatoms. The van der Waals surface area contributed by atoms with Crippen molar-refractivity contribution in [1.29, 1.82) is 0 Å². The van der Waals surface area contributed by atoms with Gasteiger partial charge in [-0.2, -0.15) is 0 Å². The van der Waals surface area contributed by atoms with Gasteiger partial charge < -0.3 is 4.90 Å². The van der Waals surface area contributed by atoms with Crippen LogP contribution in [0.25, 0.3) is 0 Å². The van der Waals surface area contributed by atoms with Crippen molar-refractivity contribution in [2.45, 2.75) is 19.9 Å². The minimum atomic E-state index is -0.0428. The van der Waals surface area contributed by atoms with Crippen molar-refractivity contribution in [1.82, 2.24) is 9.80 Å². The van der Waals surface area contributed by atoms with E-state index in [1.54, 1.807) is 6.07 Å². The van der Waals surface area contributed by atoms with Gasteiger partial charge in [0.05, 0.1) is 15.3 Å². The fourth-order valence-corrected chi connectivity index (χ4v) is 3.35. The first kappa shape index (κ1) is 14.0. The first-order valence-corrected chi connectivity index (χ1v) is 7.57. The monoisotopic (exact) mass is 286 g/mol. The van der Waals surface area contributed by atoms with Crippen LogP contribution in [0, 0.1) is 0 Å². The summed E-state index contributed by atoms with van der Waals surface area (Å²) in [4.78, 5) is 17.8. The van der Waals surface area contributed by atoms with Crippen molar-refractivity contribution in [3.05, 3.63) is 21.3 Å². The Hall–Kier alpha value is -0.420. The lowest BCUT2D eigenvalue weighted by molar-refractivity contribution is 0.0714. The van der Waals surface area contributed by atoms with Gasteiger partial charge in [0, 0.05) is 26.2 Å². The van der Waals surface area contributed by atoms with Gasteiger partial charge in [-0.05, 0) is 25.6 Å². The minimum Gasteiger partial charge on any atom is -0.301 e. The van der Waals surface area contributed by atoms with Crippen LogP contribution in [0.1, 0.15) is 23.5 Å². The maximum absolute atomic E-state index is 12.3. The molecule has 0 bridgehead atoms. The van der Waals surface area contributed by atoms with E-state index in [0.29, 0.717) is 4.34 Å². The summed E-state index contributed by atoms with van der Waals surface area (Å²) in [5.74, 6) is 0.192. The molecule has 0 aliphatic carbocycles. The zero-order chi connectivity index (χ0) is 13.1. The van der Waals surface area contributed by atoms with Crippen molar-refractivity contribution in [3.63, 3.8) is 0 Å². The number of thiophene rings is 1. The SMILES string of the molecule is CCN1CCN(C(C)C(=O)c2ccc(Cl)s2)CC1. The molecule has 1 fully saturated rings. The number of ketones is 1. The number of Topliss-reactive ketones (excluding diaryl/α,β-unsaturated/α-hetero) is 1. The molecule has 0 N–H and O–H groups in total. The highest BCUT2D eigenvalue weighted by Gasteiger charge is 2.26. The summed E-state index contributed by atoms with van der Waals surface area (Å²) in [5.41, 5.74) is 0. The van der Waals surface area contributed by atoms with Gasteiger partial charge in [-0.3, -0.25) is 9.69 Å². The number of hydrogen-bond donors (Lipinski definition) is 0. The van der Waals surface area contributed by atoms with E-state index < -0.39 is 0 Å². The number of rotatable bonds is 4. The smallest absolute Gasteiger partial charge is 0.189 e. The molecule has 0 spiro atoms. The summed E-state index contributed by atoms with van der Waals surface area (Å²) in [6.45, 7) is 9.32. The largest absolute Gasteiger partial charge is 0.301 e. The maximum atomic E-state index is 12.3. The van der Waals surface area contributed by atoms with Crippen molar-refractivity contribution in [2.75, 3.05) is 32.7 Å². The van der Waals surface area contributed by atoms with Crippen molar-refractivity contribution in [2.24, 2.45) is 0 Å². The highest BCUT2D eigenvalue weighted by molar-refractivity contribution is 7.18. The molecule has 1 aliphatic heterocycles. The molecule has 0 radical (unpaired) electrons. The summed E-state index contributed by atoms with van der Waals surface area (Å²) in [6, 6.07) is 3.58. The fourth-order valence-electron chi connectivity index (χ4n) is 2.29. The Morgan fingerprint density at radius 1 is 1.39 bits per heavy atom. The number of hydrogen-bond acceptors (Lipinski definition) is 4. The van der Waals surface area contributed by atoms with Crippen LogP contribution >= 0.6 is 22.9 Å². The summed E-state index contributed by atoms with van der Waals surface area (Å²) in [6.07, 6.45) is 0.